The Balaban J connectivity index is 1.88. The number of nitrogens with zero attached hydrogens (tertiary/aromatic N) is 2. The van der Waals surface area contributed by atoms with E-state index >= 15 is 0 Å². The molecule has 0 unspecified atom stereocenters. The Morgan fingerprint density at radius 2 is 2.22 bits per heavy atom. The van der Waals surface area contributed by atoms with Gasteiger partial charge in [0.05, 0.1) is 18.3 Å². The smallest absolute Gasteiger partial charge is 0.315 e. The zero-order chi connectivity index (χ0) is 16.8. The first-order chi connectivity index (χ1) is 11.0. The number of amides is 2. The Labute approximate surface area is 140 Å². The first-order valence-electron chi connectivity index (χ1n) is 7.46. The topological polar surface area (TPSA) is 79.2 Å². The van der Waals surface area contributed by atoms with E-state index in [9.17, 15) is 9.90 Å². The minimum atomic E-state index is -0.791. The van der Waals surface area contributed by atoms with Gasteiger partial charge in [-0.15, -0.1) is 0 Å². The summed E-state index contributed by atoms with van der Waals surface area (Å²) in [4.78, 5) is 12.0. The molecule has 3 N–H and O–H groups in total. The Hall–Kier alpha value is -2.05. The SMILES string of the molecule is CC[C@H](NC(=O)NC[C@@H](O)c1cnn(C)c1)c1cccc(Cl)c1. The summed E-state index contributed by atoms with van der Waals surface area (Å²) in [6, 6.07) is 6.93. The van der Waals surface area contributed by atoms with E-state index in [1.54, 1.807) is 30.2 Å². The molecule has 1 aromatic heterocycles. The summed E-state index contributed by atoms with van der Waals surface area (Å²) in [5.74, 6) is 0. The largest absolute Gasteiger partial charge is 0.386 e. The van der Waals surface area contributed by atoms with Gasteiger partial charge in [-0.3, -0.25) is 4.68 Å². The standard InChI is InChI=1S/C16H21ClN4O2/c1-3-14(11-5-4-6-13(17)7-11)20-16(23)18-9-15(22)12-8-19-21(2)10-12/h4-8,10,14-15,22H,3,9H2,1-2H3,(H2,18,20,23)/t14-,15+/m0/s1. The third kappa shape index (κ3) is 4.97. The summed E-state index contributed by atoms with van der Waals surface area (Å²) >= 11 is 5.99. The molecule has 1 heterocycles. The lowest BCUT2D eigenvalue weighted by molar-refractivity contribution is 0.172. The number of hydrogen-bond donors (Lipinski definition) is 3. The average molecular weight is 337 g/mol. The maximum absolute atomic E-state index is 12.0. The molecule has 0 bridgehead atoms. The molecule has 0 aliphatic heterocycles. The van der Waals surface area contributed by atoms with Gasteiger partial charge in [0.1, 0.15) is 0 Å². The van der Waals surface area contributed by atoms with Gasteiger partial charge in [0.15, 0.2) is 0 Å². The van der Waals surface area contributed by atoms with Crippen molar-refractivity contribution < 1.29 is 9.90 Å². The molecular weight excluding hydrogens is 316 g/mol. The third-order valence-electron chi connectivity index (χ3n) is 3.53. The summed E-state index contributed by atoms with van der Waals surface area (Å²) in [5, 5.41) is 20.2. The van der Waals surface area contributed by atoms with E-state index in [0.717, 1.165) is 12.0 Å². The molecule has 2 aromatic rings. The summed E-state index contributed by atoms with van der Waals surface area (Å²) in [7, 11) is 1.77. The third-order valence-corrected chi connectivity index (χ3v) is 3.77. The number of aryl methyl sites for hydroxylation is 1. The van der Waals surface area contributed by atoms with Gasteiger partial charge in [-0.25, -0.2) is 4.79 Å². The Kier molecular flexibility index (Phi) is 6.01. The van der Waals surface area contributed by atoms with Gasteiger partial charge in [-0.2, -0.15) is 5.10 Å². The summed E-state index contributed by atoms with van der Waals surface area (Å²) in [5.41, 5.74) is 1.61. The summed E-state index contributed by atoms with van der Waals surface area (Å²) < 4.78 is 1.60. The van der Waals surface area contributed by atoms with Gasteiger partial charge in [0.2, 0.25) is 0 Å². The Morgan fingerprint density at radius 1 is 1.43 bits per heavy atom. The van der Waals surface area contributed by atoms with Crippen LogP contribution in [0.4, 0.5) is 4.79 Å². The van der Waals surface area contributed by atoms with Crippen LogP contribution >= 0.6 is 11.6 Å². The highest BCUT2D eigenvalue weighted by atomic mass is 35.5. The first-order valence-corrected chi connectivity index (χ1v) is 7.83. The van der Waals surface area contributed by atoms with Crippen molar-refractivity contribution in [2.45, 2.75) is 25.5 Å². The van der Waals surface area contributed by atoms with Crippen molar-refractivity contribution in [2.75, 3.05) is 6.54 Å². The number of aliphatic hydroxyl groups excluding tert-OH is 1. The van der Waals surface area contributed by atoms with Crippen molar-refractivity contribution in [3.8, 4) is 0 Å². The maximum Gasteiger partial charge on any atom is 0.315 e. The van der Waals surface area contributed by atoms with Crippen LogP contribution in [0, 0.1) is 0 Å². The Bertz CT molecular complexity index is 659. The maximum atomic E-state index is 12.0. The zero-order valence-corrected chi connectivity index (χ0v) is 13.9. The van der Waals surface area contributed by atoms with Gasteiger partial charge in [-0.1, -0.05) is 30.7 Å². The molecule has 7 heteroatoms. The molecule has 0 saturated carbocycles. The number of hydrogen-bond acceptors (Lipinski definition) is 3. The molecular formula is C16H21ClN4O2. The van der Waals surface area contributed by atoms with Gasteiger partial charge >= 0.3 is 6.03 Å². The van der Waals surface area contributed by atoms with Crippen molar-refractivity contribution in [3.63, 3.8) is 0 Å². The molecule has 0 aliphatic rings. The number of urea groups is 1. The van der Waals surface area contributed by atoms with Crippen molar-refractivity contribution in [3.05, 3.63) is 52.8 Å². The van der Waals surface area contributed by atoms with E-state index in [2.05, 4.69) is 15.7 Å². The molecule has 23 heavy (non-hydrogen) atoms. The number of aliphatic hydroxyl groups is 1. The summed E-state index contributed by atoms with van der Waals surface area (Å²) in [6.45, 7) is 2.10. The van der Waals surface area contributed by atoms with Gasteiger partial charge in [0, 0.05) is 30.4 Å². The summed E-state index contributed by atoms with van der Waals surface area (Å²) in [6.07, 6.45) is 3.23. The number of aromatic nitrogens is 2. The highest BCUT2D eigenvalue weighted by Gasteiger charge is 2.15. The fraction of sp³-hybridized carbons (Fsp3) is 0.375. The molecule has 1 aromatic carbocycles. The quantitative estimate of drug-likeness (QED) is 0.758. The van der Waals surface area contributed by atoms with E-state index < -0.39 is 6.10 Å². The molecule has 2 atom stereocenters. The highest BCUT2D eigenvalue weighted by Crippen LogP contribution is 2.20. The number of nitrogens with one attached hydrogen (secondary N) is 2. The first kappa shape index (κ1) is 17.3. The zero-order valence-electron chi connectivity index (χ0n) is 13.2. The fourth-order valence-electron chi connectivity index (χ4n) is 2.27. The van der Waals surface area contributed by atoms with Gasteiger partial charge in [-0.05, 0) is 24.1 Å². The lowest BCUT2D eigenvalue weighted by Gasteiger charge is -2.19. The van der Waals surface area contributed by atoms with E-state index in [-0.39, 0.29) is 18.6 Å². The normalized spacial score (nSPS) is 13.4. The van der Waals surface area contributed by atoms with E-state index in [4.69, 9.17) is 11.6 Å². The molecule has 2 rings (SSSR count). The van der Waals surface area contributed by atoms with Gasteiger partial charge < -0.3 is 15.7 Å². The van der Waals surface area contributed by atoms with Crippen LogP contribution in [0.15, 0.2) is 36.7 Å². The van der Waals surface area contributed by atoms with Crippen LogP contribution in [-0.4, -0.2) is 27.5 Å². The lowest BCUT2D eigenvalue weighted by Crippen LogP contribution is -2.39. The van der Waals surface area contributed by atoms with Crippen LogP contribution in [0.25, 0.3) is 0 Å². The van der Waals surface area contributed by atoms with Crippen LogP contribution in [0.1, 0.15) is 36.6 Å². The minimum Gasteiger partial charge on any atom is -0.386 e. The number of benzene rings is 1. The molecule has 6 nitrogen and oxygen atoms in total. The second-order valence-electron chi connectivity index (χ2n) is 5.33. The monoisotopic (exact) mass is 336 g/mol. The van der Waals surface area contributed by atoms with Crippen LogP contribution < -0.4 is 10.6 Å². The second kappa shape index (κ2) is 7.99. The minimum absolute atomic E-state index is 0.115. The molecule has 0 aliphatic carbocycles. The van der Waals surface area contributed by atoms with E-state index in [1.807, 2.05) is 25.1 Å². The average Bonchev–Trinajstić information content (AvgIpc) is 2.97. The molecule has 0 spiro atoms. The number of carbonyl (C=O) groups excluding carboxylic acids is 1. The van der Waals surface area contributed by atoms with Gasteiger partial charge in [0.25, 0.3) is 0 Å². The predicted octanol–water partition coefficient (Wildman–Crippen LogP) is 2.56. The lowest BCUT2D eigenvalue weighted by atomic mass is 10.1. The molecule has 0 radical (unpaired) electrons. The highest BCUT2D eigenvalue weighted by molar-refractivity contribution is 6.30. The van der Waals surface area contributed by atoms with Crippen LogP contribution in [-0.2, 0) is 7.05 Å². The van der Waals surface area contributed by atoms with Crippen molar-refractivity contribution in [1.82, 2.24) is 20.4 Å². The van der Waals surface area contributed by atoms with Crippen molar-refractivity contribution in [1.29, 1.82) is 0 Å². The van der Waals surface area contributed by atoms with Crippen molar-refractivity contribution in [2.24, 2.45) is 7.05 Å². The fourth-order valence-corrected chi connectivity index (χ4v) is 2.47. The van der Waals surface area contributed by atoms with Crippen molar-refractivity contribution >= 4 is 17.6 Å². The number of halogens is 1. The number of carbonyl (C=O) groups is 1. The molecule has 124 valence electrons. The molecule has 2 amide bonds. The van der Waals surface area contributed by atoms with Crippen LogP contribution in [0.5, 0.6) is 0 Å². The molecule has 0 fully saturated rings. The predicted molar refractivity (Wildman–Crippen MR) is 89.2 cm³/mol. The van der Waals surface area contributed by atoms with E-state index in [0.29, 0.717) is 10.6 Å². The van der Waals surface area contributed by atoms with E-state index in [1.165, 1.54) is 0 Å². The molecule has 0 saturated heterocycles. The second-order valence-corrected chi connectivity index (χ2v) is 5.77. The van der Waals surface area contributed by atoms with Crippen LogP contribution in [0.3, 0.4) is 0 Å². The Morgan fingerprint density at radius 3 is 2.83 bits per heavy atom. The van der Waals surface area contributed by atoms with Crippen LogP contribution in [0.2, 0.25) is 5.02 Å². The number of rotatable bonds is 6.